The molecule has 0 unspecified atom stereocenters. The van der Waals surface area contributed by atoms with E-state index in [1.54, 1.807) is 19.2 Å². The van der Waals surface area contributed by atoms with E-state index < -0.39 is 0 Å². The number of methoxy groups -OCH3 is 1. The van der Waals surface area contributed by atoms with Crippen LogP contribution in [0.15, 0.2) is 48.2 Å². The average molecular weight is 349 g/mol. The molecule has 2 aromatic carbocycles. The normalized spacial score (nSPS) is 13.3. The maximum atomic E-state index is 12.9. The van der Waals surface area contributed by atoms with Crippen LogP contribution in [0.2, 0.25) is 0 Å². The number of fused-ring (bicyclic) bond motifs is 2. The summed E-state index contributed by atoms with van der Waals surface area (Å²) in [5.41, 5.74) is 3.30. The molecule has 26 heavy (non-hydrogen) atoms. The number of allylic oxidation sites excluding steroid dienone is 1. The van der Waals surface area contributed by atoms with E-state index in [1.165, 1.54) is 0 Å². The summed E-state index contributed by atoms with van der Waals surface area (Å²) < 4.78 is 18.2. The van der Waals surface area contributed by atoms with Gasteiger partial charge in [-0.3, -0.25) is 4.79 Å². The molecule has 1 aliphatic rings. The summed E-state index contributed by atoms with van der Waals surface area (Å²) in [5.74, 6) is 1.50. The standard InChI is InChI=1S/C21H19NO4/c1-13(8-14-4-5-17-15(9-14)6-7-22(17)2)20(23)16-10-18(24-3)21-19(11-16)25-12-26-21/h4-11H,12H2,1-3H3. The molecule has 0 amide bonds. The van der Waals surface area contributed by atoms with Gasteiger partial charge in [-0.25, -0.2) is 0 Å². The van der Waals surface area contributed by atoms with E-state index in [9.17, 15) is 4.79 Å². The second kappa shape index (κ2) is 6.26. The van der Waals surface area contributed by atoms with Crippen molar-refractivity contribution in [1.82, 2.24) is 4.57 Å². The fourth-order valence-corrected chi connectivity index (χ4v) is 3.19. The van der Waals surface area contributed by atoms with Crippen molar-refractivity contribution in [2.24, 2.45) is 7.05 Å². The molecule has 0 bridgehead atoms. The molecular formula is C21H19NO4. The number of carbonyl (C=O) groups is 1. The zero-order valence-electron chi connectivity index (χ0n) is 14.9. The quantitative estimate of drug-likeness (QED) is 0.523. The van der Waals surface area contributed by atoms with E-state index in [2.05, 4.69) is 22.8 Å². The summed E-state index contributed by atoms with van der Waals surface area (Å²) in [7, 11) is 3.56. The highest BCUT2D eigenvalue weighted by molar-refractivity contribution is 6.11. The highest BCUT2D eigenvalue weighted by Gasteiger charge is 2.22. The van der Waals surface area contributed by atoms with Gasteiger partial charge in [-0.05, 0) is 54.5 Å². The van der Waals surface area contributed by atoms with E-state index in [0.29, 0.717) is 28.4 Å². The van der Waals surface area contributed by atoms with Crippen LogP contribution in [0.3, 0.4) is 0 Å². The number of ether oxygens (including phenoxy) is 3. The minimum absolute atomic E-state index is 0.0743. The van der Waals surface area contributed by atoms with Gasteiger partial charge in [0.2, 0.25) is 12.5 Å². The Kier molecular flexibility index (Phi) is 3.92. The highest BCUT2D eigenvalue weighted by Crippen LogP contribution is 2.42. The van der Waals surface area contributed by atoms with Crippen molar-refractivity contribution in [2.75, 3.05) is 13.9 Å². The fourth-order valence-electron chi connectivity index (χ4n) is 3.19. The molecule has 1 aliphatic heterocycles. The molecule has 0 fully saturated rings. The summed E-state index contributed by atoms with van der Waals surface area (Å²) >= 11 is 0. The average Bonchev–Trinajstić information content (AvgIpc) is 3.26. The maximum absolute atomic E-state index is 12.9. The molecule has 0 saturated heterocycles. The fraction of sp³-hybridized carbons (Fsp3) is 0.190. The number of carbonyl (C=O) groups excluding carboxylic acids is 1. The zero-order chi connectivity index (χ0) is 18.3. The number of Topliss-reactive ketones (excluding diaryl/α,β-unsaturated/α-hetero) is 1. The second-order valence-electron chi connectivity index (χ2n) is 6.31. The lowest BCUT2D eigenvalue weighted by molar-refractivity contribution is 0.103. The first-order valence-corrected chi connectivity index (χ1v) is 8.32. The highest BCUT2D eigenvalue weighted by atomic mass is 16.7. The van der Waals surface area contributed by atoms with Gasteiger partial charge in [0.1, 0.15) is 0 Å². The summed E-state index contributed by atoms with van der Waals surface area (Å²) in [5, 5.41) is 1.14. The molecular weight excluding hydrogens is 330 g/mol. The molecule has 4 rings (SSSR count). The van der Waals surface area contributed by atoms with Crippen LogP contribution in [0.1, 0.15) is 22.8 Å². The Labute approximate surface area is 151 Å². The lowest BCUT2D eigenvalue weighted by atomic mass is 10.0. The summed E-state index contributed by atoms with van der Waals surface area (Å²) in [6.07, 6.45) is 3.92. The van der Waals surface area contributed by atoms with Gasteiger partial charge in [0.05, 0.1) is 7.11 Å². The van der Waals surface area contributed by atoms with Crippen LogP contribution in [0.25, 0.3) is 17.0 Å². The minimum Gasteiger partial charge on any atom is -0.493 e. The third kappa shape index (κ3) is 2.71. The maximum Gasteiger partial charge on any atom is 0.231 e. The molecule has 1 aromatic heterocycles. The van der Waals surface area contributed by atoms with Gasteiger partial charge in [0.25, 0.3) is 0 Å². The smallest absolute Gasteiger partial charge is 0.231 e. The third-order valence-electron chi connectivity index (χ3n) is 4.57. The monoisotopic (exact) mass is 349 g/mol. The minimum atomic E-state index is -0.0743. The third-order valence-corrected chi connectivity index (χ3v) is 4.57. The first kappa shape index (κ1) is 16.3. The number of benzene rings is 2. The molecule has 0 N–H and O–H groups in total. The molecule has 0 saturated carbocycles. The molecule has 0 spiro atoms. The number of hydrogen-bond acceptors (Lipinski definition) is 4. The largest absolute Gasteiger partial charge is 0.493 e. The Hall–Kier alpha value is -3.21. The molecule has 5 nitrogen and oxygen atoms in total. The summed E-state index contributed by atoms with van der Waals surface area (Å²) in [6, 6.07) is 11.6. The SMILES string of the molecule is COc1cc(C(=O)C(C)=Cc2ccc3c(ccn3C)c2)cc2c1OCO2. The van der Waals surface area contributed by atoms with Crippen LogP contribution in [0.5, 0.6) is 17.2 Å². The second-order valence-corrected chi connectivity index (χ2v) is 6.31. The predicted octanol–water partition coefficient (Wildman–Crippen LogP) is 4.20. The number of aryl methyl sites for hydroxylation is 1. The van der Waals surface area contributed by atoms with Gasteiger partial charge < -0.3 is 18.8 Å². The number of hydrogen-bond donors (Lipinski definition) is 0. The van der Waals surface area contributed by atoms with Crippen molar-refractivity contribution in [2.45, 2.75) is 6.92 Å². The first-order chi connectivity index (χ1) is 12.6. The van der Waals surface area contributed by atoms with Gasteiger partial charge in [0, 0.05) is 29.7 Å². The van der Waals surface area contributed by atoms with Crippen molar-refractivity contribution < 1.29 is 19.0 Å². The van der Waals surface area contributed by atoms with Crippen molar-refractivity contribution in [1.29, 1.82) is 0 Å². The molecule has 5 heteroatoms. The Balaban J connectivity index is 1.67. The van der Waals surface area contributed by atoms with Crippen molar-refractivity contribution in [3.63, 3.8) is 0 Å². The van der Waals surface area contributed by atoms with Crippen molar-refractivity contribution >= 4 is 22.8 Å². The van der Waals surface area contributed by atoms with Crippen LogP contribution in [0.4, 0.5) is 0 Å². The van der Waals surface area contributed by atoms with E-state index in [0.717, 1.165) is 16.5 Å². The van der Waals surface area contributed by atoms with Crippen LogP contribution in [-0.4, -0.2) is 24.3 Å². The number of nitrogens with zero attached hydrogens (tertiary/aromatic N) is 1. The van der Waals surface area contributed by atoms with Crippen LogP contribution in [-0.2, 0) is 7.05 Å². The molecule has 0 aliphatic carbocycles. The molecule has 3 aromatic rings. The van der Waals surface area contributed by atoms with Gasteiger partial charge >= 0.3 is 0 Å². The summed E-state index contributed by atoms with van der Waals surface area (Å²) in [4.78, 5) is 12.9. The number of rotatable bonds is 4. The first-order valence-electron chi connectivity index (χ1n) is 8.32. The topological polar surface area (TPSA) is 49.7 Å². The number of aromatic nitrogens is 1. The Morgan fingerprint density at radius 1 is 1.19 bits per heavy atom. The van der Waals surface area contributed by atoms with E-state index in [1.807, 2.05) is 32.3 Å². The van der Waals surface area contributed by atoms with E-state index >= 15 is 0 Å². The molecule has 0 radical (unpaired) electrons. The molecule has 0 atom stereocenters. The van der Waals surface area contributed by atoms with Crippen LogP contribution >= 0.6 is 0 Å². The predicted molar refractivity (Wildman–Crippen MR) is 100 cm³/mol. The zero-order valence-corrected chi connectivity index (χ0v) is 14.9. The van der Waals surface area contributed by atoms with Gasteiger partial charge in [-0.2, -0.15) is 0 Å². The van der Waals surface area contributed by atoms with Crippen LogP contribution in [0, 0.1) is 0 Å². The van der Waals surface area contributed by atoms with Crippen LogP contribution < -0.4 is 14.2 Å². The Morgan fingerprint density at radius 3 is 2.85 bits per heavy atom. The van der Waals surface area contributed by atoms with E-state index in [4.69, 9.17) is 14.2 Å². The van der Waals surface area contributed by atoms with Gasteiger partial charge in [0.15, 0.2) is 17.3 Å². The lowest BCUT2D eigenvalue weighted by Gasteiger charge is -2.08. The van der Waals surface area contributed by atoms with E-state index in [-0.39, 0.29) is 12.6 Å². The molecule has 2 heterocycles. The van der Waals surface area contributed by atoms with Gasteiger partial charge in [-0.1, -0.05) is 6.07 Å². The number of ketones is 1. The van der Waals surface area contributed by atoms with Gasteiger partial charge in [-0.15, -0.1) is 0 Å². The van der Waals surface area contributed by atoms with Crippen molar-refractivity contribution in [3.8, 4) is 17.2 Å². The Morgan fingerprint density at radius 2 is 2.04 bits per heavy atom. The summed E-state index contributed by atoms with van der Waals surface area (Å²) in [6.45, 7) is 1.95. The lowest BCUT2D eigenvalue weighted by Crippen LogP contribution is -2.01. The molecule has 132 valence electrons. The Bertz CT molecular complexity index is 1050. The van der Waals surface area contributed by atoms with Crippen molar-refractivity contribution in [3.05, 3.63) is 59.3 Å².